The number of hydrogen-bond donors (Lipinski definition) is 3. The lowest BCUT2D eigenvalue weighted by Gasteiger charge is -2.34. The number of benzene rings is 1. The minimum Gasteiger partial charge on any atom is -0.354 e. The van der Waals surface area contributed by atoms with Crippen molar-refractivity contribution in [2.45, 2.75) is 65.1 Å². The van der Waals surface area contributed by atoms with Gasteiger partial charge in [0, 0.05) is 31.6 Å². The van der Waals surface area contributed by atoms with Gasteiger partial charge >= 0.3 is 6.03 Å². The van der Waals surface area contributed by atoms with Crippen molar-refractivity contribution in [2.75, 3.05) is 13.1 Å². The summed E-state index contributed by atoms with van der Waals surface area (Å²) in [5.74, 6) is -0.479. The number of amides is 4. The third kappa shape index (κ3) is 7.31. The van der Waals surface area contributed by atoms with Gasteiger partial charge in [0.2, 0.25) is 11.8 Å². The second-order valence-corrected chi connectivity index (χ2v) is 8.06. The Morgan fingerprint density at radius 3 is 2.30 bits per heavy atom. The van der Waals surface area contributed by atoms with Gasteiger partial charge in [-0.05, 0) is 50.8 Å². The van der Waals surface area contributed by atoms with Crippen LogP contribution in [-0.2, 0) is 16.1 Å². The lowest BCUT2D eigenvalue weighted by Crippen LogP contribution is -2.53. The number of halogens is 1. The van der Waals surface area contributed by atoms with Gasteiger partial charge in [-0.25, -0.2) is 9.18 Å². The summed E-state index contributed by atoms with van der Waals surface area (Å²) >= 11 is 0. The zero-order valence-electron chi connectivity index (χ0n) is 18.0. The number of hydrogen-bond acceptors (Lipinski definition) is 3. The number of likely N-dealkylation sites (tertiary alicyclic amines) is 1. The Morgan fingerprint density at radius 1 is 1.10 bits per heavy atom. The van der Waals surface area contributed by atoms with E-state index in [-0.39, 0.29) is 36.1 Å². The van der Waals surface area contributed by atoms with Gasteiger partial charge in [0.15, 0.2) is 0 Å². The molecule has 1 aliphatic rings. The Hall–Kier alpha value is -2.64. The fraction of sp³-hybridized carbons (Fsp3) is 0.591. The molecule has 1 aromatic rings. The Kier molecular flexibility index (Phi) is 9.08. The third-order valence-electron chi connectivity index (χ3n) is 5.16. The maximum atomic E-state index is 13.0. The lowest BCUT2D eigenvalue weighted by molar-refractivity contribution is -0.137. The van der Waals surface area contributed by atoms with Gasteiger partial charge in [0.05, 0.1) is 0 Å². The molecule has 166 valence electrons. The number of rotatable bonds is 8. The van der Waals surface area contributed by atoms with Crippen molar-refractivity contribution in [1.82, 2.24) is 20.9 Å². The van der Waals surface area contributed by atoms with Gasteiger partial charge in [-0.1, -0.05) is 25.5 Å². The molecule has 0 radical (unpaired) electrons. The predicted molar refractivity (Wildman–Crippen MR) is 113 cm³/mol. The Labute approximate surface area is 177 Å². The number of nitrogens with one attached hydrogen (secondary N) is 3. The fourth-order valence-electron chi connectivity index (χ4n) is 3.52. The molecule has 8 heteroatoms. The average Bonchev–Trinajstić information content (AvgIpc) is 2.72. The first-order chi connectivity index (χ1) is 14.3. The Bertz CT molecular complexity index is 716. The molecule has 3 N–H and O–H groups in total. The van der Waals surface area contributed by atoms with Gasteiger partial charge < -0.3 is 20.9 Å². The molecule has 7 nitrogen and oxygen atoms in total. The predicted octanol–water partition coefficient (Wildman–Crippen LogP) is 2.56. The van der Waals surface area contributed by atoms with Crippen LogP contribution in [0.3, 0.4) is 0 Å². The van der Waals surface area contributed by atoms with Crippen molar-refractivity contribution in [3.8, 4) is 0 Å². The zero-order valence-corrected chi connectivity index (χ0v) is 18.0. The van der Waals surface area contributed by atoms with Gasteiger partial charge in [0.1, 0.15) is 11.9 Å². The van der Waals surface area contributed by atoms with Crippen molar-refractivity contribution >= 4 is 17.8 Å². The molecule has 2 rings (SSSR count). The summed E-state index contributed by atoms with van der Waals surface area (Å²) in [5, 5.41) is 8.40. The first-order valence-electron chi connectivity index (χ1n) is 10.7. The summed E-state index contributed by atoms with van der Waals surface area (Å²) in [6.45, 7) is 7.08. The second-order valence-electron chi connectivity index (χ2n) is 8.06. The summed E-state index contributed by atoms with van der Waals surface area (Å²) < 4.78 is 13.0. The van der Waals surface area contributed by atoms with E-state index < -0.39 is 12.1 Å². The average molecular weight is 421 g/mol. The van der Waals surface area contributed by atoms with Crippen molar-refractivity contribution in [3.63, 3.8) is 0 Å². The fourth-order valence-corrected chi connectivity index (χ4v) is 3.52. The summed E-state index contributed by atoms with van der Waals surface area (Å²) in [4.78, 5) is 39.1. The molecule has 1 heterocycles. The van der Waals surface area contributed by atoms with Crippen LogP contribution in [0.4, 0.5) is 9.18 Å². The first kappa shape index (κ1) is 23.6. The molecule has 0 aromatic heterocycles. The smallest absolute Gasteiger partial charge is 0.315 e. The van der Waals surface area contributed by atoms with E-state index in [9.17, 15) is 18.8 Å². The molecule has 0 bridgehead atoms. The van der Waals surface area contributed by atoms with E-state index in [2.05, 4.69) is 16.0 Å². The maximum Gasteiger partial charge on any atom is 0.315 e. The normalized spacial score (nSPS) is 15.6. The van der Waals surface area contributed by atoms with Crippen molar-refractivity contribution in [1.29, 1.82) is 0 Å². The lowest BCUT2D eigenvalue weighted by atomic mass is 9.95. The molecule has 0 aliphatic carbocycles. The zero-order chi connectivity index (χ0) is 22.1. The van der Waals surface area contributed by atoms with Crippen LogP contribution in [0, 0.1) is 11.7 Å². The standard InChI is InChI=1S/C22H33FN4O3/c1-4-5-19(26-22(30)24-14-16-6-8-18(23)9-7-16)21(29)27-12-10-17(11-13-27)20(28)25-15(2)3/h6-9,15,17,19H,4-5,10-14H2,1-3H3,(H,25,28)(H2,24,26,30). The summed E-state index contributed by atoms with van der Waals surface area (Å²) in [5.41, 5.74) is 0.770. The van der Waals surface area contributed by atoms with Crippen molar-refractivity contribution in [3.05, 3.63) is 35.6 Å². The van der Waals surface area contributed by atoms with Gasteiger partial charge in [-0.15, -0.1) is 0 Å². The van der Waals surface area contributed by atoms with Crippen LogP contribution in [-0.4, -0.2) is 47.9 Å². The third-order valence-corrected chi connectivity index (χ3v) is 5.16. The van der Waals surface area contributed by atoms with E-state index >= 15 is 0 Å². The van der Waals surface area contributed by atoms with Crippen LogP contribution in [0.1, 0.15) is 52.0 Å². The molecular formula is C22H33FN4O3. The minimum absolute atomic E-state index is 0.0421. The summed E-state index contributed by atoms with van der Waals surface area (Å²) in [6, 6.07) is 4.94. The monoisotopic (exact) mass is 420 g/mol. The molecule has 4 amide bonds. The van der Waals surface area contributed by atoms with E-state index in [1.165, 1.54) is 12.1 Å². The van der Waals surface area contributed by atoms with E-state index in [1.54, 1.807) is 17.0 Å². The van der Waals surface area contributed by atoms with Crippen LogP contribution >= 0.6 is 0 Å². The van der Waals surface area contributed by atoms with E-state index in [0.717, 1.165) is 12.0 Å². The highest BCUT2D eigenvalue weighted by Crippen LogP contribution is 2.19. The topological polar surface area (TPSA) is 90.5 Å². The van der Waals surface area contributed by atoms with Crippen molar-refractivity contribution < 1.29 is 18.8 Å². The Balaban J connectivity index is 1.84. The number of carbonyl (C=O) groups is 3. The Morgan fingerprint density at radius 2 is 1.73 bits per heavy atom. The van der Waals surface area contributed by atoms with Crippen LogP contribution < -0.4 is 16.0 Å². The van der Waals surface area contributed by atoms with Crippen LogP contribution in [0.15, 0.2) is 24.3 Å². The van der Waals surface area contributed by atoms with E-state index in [1.807, 2.05) is 20.8 Å². The highest BCUT2D eigenvalue weighted by molar-refractivity contribution is 5.87. The molecule has 1 aromatic carbocycles. The first-order valence-corrected chi connectivity index (χ1v) is 10.7. The minimum atomic E-state index is -0.607. The maximum absolute atomic E-state index is 13.0. The van der Waals surface area contributed by atoms with E-state index in [0.29, 0.717) is 32.4 Å². The molecule has 1 unspecified atom stereocenters. The van der Waals surface area contributed by atoms with Crippen LogP contribution in [0.25, 0.3) is 0 Å². The SMILES string of the molecule is CCCC(NC(=O)NCc1ccc(F)cc1)C(=O)N1CCC(C(=O)NC(C)C)CC1. The highest BCUT2D eigenvalue weighted by Gasteiger charge is 2.31. The van der Waals surface area contributed by atoms with Gasteiger partial charge in [-0.3, -0.25) is 9.59 Å². The molecule has 1 atom stereocenters. The van der Waals surface area contributed by atoms with Gasteiger partial charge in [0.25, 0.3) is 0 Å². The molecule has 1 saturated heterocycles. The van der Waals surface area contributed by atoms with Crippen molar-refractivity contribution in [2.24, 2.45) is 5.92 Å². The largest absolute Gasteiger partial charge is 0.354 e. The second kappa shape index (κ2) is 11.5. The molecular weight excluding hydrogens is 387 g/mol. The molecule has 1 aliphatic heterocycles. The summed E-state index contributed by atoms with van der Waals surface area (Å²) in [6.07, 6.45) is 2.54. The van der Waals surface area contributed by atoms with Gasteiger partial charge in [-0.2, -0.15) is 0 Å². The summed E-state index contributed by atoms with van der Waals surface area (Å²) in [7, 11) is 0. The molecule has 1 fully saturated rings. The number of piperidine rings is 1. The number of nitrogens with zero attached hydrogens (tertiary/aromatic N) is 1. The molecule has 0 saturated carbocycles. The quantitative estimate of drug-likeness (QED) is 0.604. The van der Waals surface area contributed by atoms with E-state index in [4.69, 9.17) is 0 Å². The number of carbonyl (C=O) groups excluding carboxylic acids is 3. The molecule has 0 spiro atoms. The number of urea groups is 1. The molecule has 30 heavy (non-hydrogen) atoms. The van der Waals surface area contributed by atoms with Crippen LogP contribution in [0.2, 0.25) is 0 Å². The van der Waals surface area contributed by atoms with Crippen LogP contribution in [0.5, 0.6) is 0 Å². The highest BCUT2D eigenvalue weighted by atomic mass is 19.1.